The van der Waals surface area contributed by atoms with Crippen molar-refractivity contribution in [3.8, 4) is 0 Å². The van der Waals surface area contributed by atoms with Gasteiger partial charge in [-0.25, -0.2) is 0 Å². The van der Waals surface area contributed by atoms with Gasteiger partial charge in [0.1, 0.15) is 0 Å². The fourth-order valence-electron chi connectivity index (χ4n) is 10.0. The van der Waals surface area contributed by atoms with Crippen molar-refractivity contribution in [3.05, 3.63) is 11.6 Å². The lowest BCUT2D eigenvalue weighted by Crippen LogP contribution is -2.58. The van der Waals surface area contributed by atoms with Crippen molar-refractivity contribution >= 4 is 0 Å². The molecule has 32 heavy (non-hydrogen) atoms. The lowest BCUT2D eigenvalue weighted by atomic mass is 9.41. The molecule has 0 bridgehead atoms. The van der Waals surface area contributed by atoms with Gasteiger partial charge in [0.2, 0.25) is 0 Å². The van der Waals surface area contributed by atoms with Gasteiger partial charge in [0, 0.05) is 0 Å². The van der Waals surface area contributed by atoms with Crippen LogP contribution >= 0.6 is 0 Å². The van der Waals surface area contributed by atoms with Crippen molar-refractivity contribution in [1.82, 2.24) is 0 Å². The molecule has 2 nitrogen and oxygen atoms in total. The third-order valence-corrected chi connectivity index (χ3v) is 12.6. The molecule has 1 saturated heterocycles. The van der Waals surface area contributed by atoms with Crippen molar-refractivity contribution in [3.63, 3.8) is 0 Å². The van der Waals surface area contributed by atoms with Crippen LogP contribution in [0.4, 0.5) is 0 Å². The molecular weight excluding hydrogens is 392 g/mol. The van der Waals surface area contributed by atoms with Crippen LogP contribution in [0.25, 0.3) is 0 Å². The SMILES string of the molecule is C[C@H](CC[C@@H]1OC1(C)C)[C@@H]1CC[C@]2(C)C3=CC[C@H]4C(C)(C)[C@@H](O)CC[C@]4(C)[C@H]3CC[C@@]12C. The zero-order valence-electron chi connectivity index (χ0n) is 22.3. The smallest absolute Gasteiger partial charge is 0.0892 e. The molecule has 0 radical (unpaired) electrons. The van der Waals surface area contributed by atoms with Gasteiger partial charge in [-0.15, -0.1) is 0 Å². The number of aliphatic hydroxyl groups is 1. The lowest BCUT2D eigenvalue weighted by Gasteiger charge is -2.64. The highest BCUT2D eigenvalue weighted by Crippen LogP contribution is 2.73. The average molecular weight is 443 g/mol. The van der Waals surface area contributed by atoms with E-state index in [0.29, 0.717) is 28.3 Å². The lowest BCUT2D eigenvalue weighted by molar-refractivity contribution is -0.131. The third kappa shape index (κ3) is 3.03. The molecule has 0 aromatic carbocycles. The molecule has 182 valence electrons. The first-order valence-corrected chi connectivity index (χ1v) is 13.8. The van der Waals surface area contributed by atoms with Crippen LogP contribution in [-0.2, 0) is 4.74 Å². The van der Waals surface area contributed by atoms with Gasteiger partial charge in [0.15, 0.2) is 0 Å². The predicted molar refractivity (Wildman–Crippen MR) is 132 cm³/mol. The number of aliphatic hydroxyl groups excluding tert-OH is 1. The second kappa shape index (κ2) is 7.09. The summed E-state index contributed by atoms with van der Waals surface area (Å²) in [5, 5.41) is 10.8. The van der Waals surface area contributed by atoms with Crippen molar-refractivity contribution in [2.75, 3.05) is 0 Å². The first-order valence-electron chi connectivity index (χ1n) is 13.8. The monoisotopic (exact) mass is 442 g/mol. The van der Waals surface area contributed by atoms with Crippen LogP contribution in [0.1, 0.15) is 113 Å². The number of ether oxygens (including phenoxy) is 1. The number of epoxide rings is 1. The first-order chi connectivity index (χ1) is 14.8. The van der Waals surface area contributed by atoms with E-state index in [4.69, 9.17) is 4.74 Å². The second-order valence-electron chi connectivity index (χ2n) is 14.6. The molecule has 0 aromatic rings. The van der Waals surface area contributed by atoms with Crippen LogP contribution in [0.2, 0.25) is 0 Å². The van der Waals surface area contributed by atoms with Crippen molar-refractivity contribution in [1.29, 1.82) is 0 Å². The van der Waals surface area contributed by atoms with E-state index in [1.165, 1.54) is 51.4 Å². The topological polar surface area (TPSA) is 32.8 Å². The fourth-order valence-corrected chi connectivity index (χ4v) is 10.0. The molecule has 0 amide bonds. The summed E-state index contributed by atoms with van der Waals surface area (Å²) in [6.45, 7) is 19.6. The first kappa shape index (κ1) is 23.4. The van der Waals surface area contributed by atoms with Gasteiger partial charge in [-0.05, 0) is 117 Å². The molecule has 5 rings (SSSR count). The molecular formula is C30H50O2. The van der Waals surface area contributed by atoms with Crippen molar-refractivity contribution in [2.45, 2.75) is 131 Å². The number of fused-ring (bicyclic) bond motifs is 5. The Morgan fingerprint density at radius 2 is 1.69 bits per heavy atom. The summed E-state index contributed by atoms with van der Waals surface area (Å²) in [5.74, 6) is 2.96. The predicted octanol–water partition coefficient (Wildman–Crippen LogP) is 7.55. The van der Waals surface area contributed by atoms with Gasteiger partial charge in [-0.1, -0.05) is 53.2 Å². The maximum absolute atomic E-state index is 10.8. The Hall–Kier alpha value is -0.340. The highest BCUT2D eigenvalue weighted by Gasteiger charge is 2.65. The number of hydrogen-bond donors (Lipinski definition) is 1. The molecule has 4 aliphatic carbocycles. The minimum Gasteiger partial charge on any atom is -0.393 e. The Morgan fingerprint density at radius 1 is 1.00 bits per heavy atom. The Kier molecular flexibility index (Phi) is 5.19. The minimum absolute atomic E-state index is 0.0298. The maximum atomic E-state index is 10.8. The van der Waals surface area contributed by atoms with Crippen LogP contribution in [0.15, 0.2) is 11.6 Å². The van der Waals surface area contributed by atoms with Crippen LogP contribution < -0.4 is 0 Å². The van der Waals surface area contributed by atoms with Crippen LogP contribution in [0.5, 0.6) is 0 Å². The van der Waals surface area contributed by atoms with E-state index in [9.17, 15) is 5.11 Å². The molecule has 4 fully saturated rings. The van der Waals surface area contributed by atoms with E-state index >= 15 is 0 Å². The summed E-state index contributed by atoms with van der Waals surface area (Å²) >= 11 is 0. The van der Waals surface area contributed by atoms with E-state index in [-0.39, 0.29) is 17.1 Å². The van der Waals surface area contributed by atoms with E-state index in [0.717, 1.165) is 24.2 Å². The summed E-state index contributed by atoms with van der Waals surface area (Å²) in [5.41, 5.74) is 3.14. The van der Waals surface area contributed by atoms with Crippen molar-refractivity contribution < 1.29 is 9.84 Å². The largest absolute Gasteiger partial charge is 0.393 e. The maximum Gasteiger partial charge on any atom is 0.0892 e. The van der Waals surface area contributed by atoms with Crippen LogP contribution in [0, 0.1) is 45.3 Å². The summed E-state index contributed by atoms with van der Waals surface area (Å²) in [6.07, 6.45) is 14.5. The molecule has 1 heterocycles. The Balaban J connectivity index is 1.39. The van der Waals surface area contributed by atoms with Gasteiger partial charge in [0.25, 0.3) is 0 Å². The zero-order chi connectivity index (χ0) is 23.3. The minimum atomic E-state index is -0.142. The quantitative estimate of drug-likeness (QED) is 0.360. The standard InChI is InChI=1S/C30H50O2/c1-19(9-12-25-27(4,5)32-25)20-13-17-30(8)22-10-11-23-26(2,3)24(31)15-16-28(23,6)21(22)14-18-29(20,30)7/h10,19-21,23-25,31H,9,11-18H2,1-8H3/t19-,20+,21+,23+,24+,25+,28-,29+,30-/m1/s1. The summed E-state index contributed by atoms with van der Waals surface area (Å²) in [4.78, 5) is 0. The molecule has 0 unspecified atom stereocenters. The average Bonchev–Trinajstić information content (AvgIpc) is 3.22. The van der Waals surface area contributed by atoms with Crippen LogP contribution in [-0.4, -0.2) is 22.9 Å². The van der Waals surface area contributed by atoms with Crippen molar-refractivity contribution in [2.24, 2.45) is 45.3 Å². The molecule has 9 atom stereocenters. The van der Waals surface area contributed by atoms with E-state index in [1.807, 2.05) is 5.57 Å². The Morgan fingerprint density at radius 3 is 2.34 bits per heavy atom. The molecule has 1 N–H and O–H groups in total. The second-order valence-corrected chi connectivity index (χ2v) is 14.6. The summed E-state index contributed by atoms with van der Waals surface area (Å²) in [7, 11) is 0. The van der Waals surface area contributed by atoms with E-state index < -0.39 is 0 Å². The molecule has 3 saturated carbocycles. The number of rotatable bonds is 4. The van der Waals surface area contributed by atoms with E-state index in [1.54, 1.807) is 0 Å². The molecule has 0 spiro atoms. The molecule has 2 heteroatoms. The van der Waals surface area contributed by atoms with Gasteiger partial charge in [-0.3, -0.25) is 0 Å². The fraction of sp³-hybridized carbons (Fsp3) is 0.933. The van der Waals surface area contributed by atoms with E-state index in [2.05, 4.69) is 61.5 Å². The van der Waals surface area contributed by atoms with Crippen LogP contribution in [0.3, 0.4) is 0 Å². The third-order valence-electron chi connectivity index (χ3n) is 12.6. The Labute approximate surface area is 198 Å². The summed E-state index contributed by atoms with van der Waals surface area (Å²) < 4.78 is 5.90. The highest BCUT2D eigenvalue weighted by molar-refractivity contribution is 5.33. The highest BCUT2D eigenvalue weighted by atomic mass is 16.6. The van der Waals surface area contributed by atoms with Gasteiger partial charge >= 0.3 is 0 Å². The number of hydrogen-bond acceptors (Lipinski definition) is 2. The van der Waals surface area contributed by atoms with Gasteiger partial charge < -0.3 is 9.84 Å². The van der Waals surface area contributed by atoms with Gasteiger partial charge in [0.05, 0.1) is 17.8 Å². The molecule has 5 aliphatic rings. The molecule has 1 aliphatic heterocycles. The molecule has 0 aromatic heterocycles. The van der Waals surface area contributed by atoms with Gasteiger partial charge in [-0.2, -0.15) is 0 Å². The number of allylic oxidation sites excluding steroid dienone is 2. The zero-order valence-corrected chi connectivity index (χ0v) is 22.3. The Bertz CT molecular complexity index is 795. The summed E-state index contributed by atoms with van der Waals surface area (Å²) in [6, 6.07) is 0. The normalized spacial score (nSPS) is 51.8.